The van der Waals surface area contributed by atoms with Crippen LogP contribution in [0.25, 0.3) is 0 Å². The van der Waals surface area contributed by atoms with Gasteiger partial charge in [-0.1, -0.05) is 44.1 Å². The van der Waals surface area contributed by atoms with Crippen LogP contribution < -0.4 is 5.32 Å². The van der Waals surface area contributed by atoms with E-state index >= 15 is 0 Å². The van der Waals surface area contributed by atoms with Crippen molar-refractivity contribution in [2.75, 3.05) is 20.4 Å². The fourth-order valence-corrected chi connectivity index (χ4v) is 7.70. The Morgan fingerprint density at radius 1 is 1.23 bits per heavy atom. The summed E-state index contributed by atoms with van der Waals surface area (Å²) >= 11 is 0. The summed E-state index contributed by atoms with van der Waals surface area (Å²) in [6.07, 6.45) is 5.13. The summed E-state index contributed by atoms with van der Waals surface area (Å²) in [5.74, 6) is -2.17. The summed E-state index contributed by atoms with van der Waals surface area (Å²) in [6, 6.07) is -0.194. The molecule has 220 valence electrons. The van der Waals surface area contributed by atoms with Gasteiger partial charge in [0.05, 0.1) is 6.10 Å². The van der Waals surface area contributed by atoms with Crippen LogP contribution >= 0.6 is 7.60 Å². The number of carbonyl (C=O) groups excluding carboxylic acids is 3. The molecule has 0 unspecified atom stereocenters. The molecule has 0 radical (unpaired) electrons. The quantitative estimate of drug-likeness (QED) is 0.154. The zero-order valence-electron chi connectivity index (χ0n) is 24.8. The molecule has 3 rings (SSSR count). The van der Waals surface area contributed by atoms with Gasteiger partial charge >= 0.3 is 7.60 Å². The highest BCUT2D eigenvalue weighted by molar-refractivity contribution is 7.54. The Balaban J connectivity index is 2.02. The first-order valence-electron chi connectivity index (χ1n) is 13.9. The van der Waals surface area contributed by atoms with Crippen molar-refractivity contribution in [3.8, 4) is 0 Å². The summed E-state index contributed by atoms with van der Waals surface area (Å²) in [4.78, 5) is 39.7. The third-order valence-corrected chi connectivity index (χ3v) is 10.4. The van der Waals surface area contributed by atoms with Crippen molar-refractivity contribution in [2.24, 2.45) is 29.1 Å². The van der Waals surface area contributed by atoms with Gasteiger partial charge < -0.3 is 28.6 Å². The normalized spacial score (nSPS) is 34.6. The molecule has 3 aliphatic rings. The Labute approximate surface area is 233 Å². The van der Waals surface area contributed by atoms with Crippen LogP contribution in [0.4, 0.5) is 0 Å². The molecule has 0 saturated carbocycles. The Hall–Kier alpha value is -1.64. The number of aldehydes is 1. The Kier molecular flexibility index (Phi) is 9.87. The van der Waals surface area contributed by atoms with Crippen molar-refractivity contribution in [1.29, 1.82) is 0 Å². The highest BCUT2D eigenvalue weighted by atomic mass is 31.2. The maximum Gasteiger partial charge on any atom is 0.337 e. The lowest BCUT2D eigenvalue weighted by molar-refractivity contribution is -0.150. The molecule has 1 aliphatic carbocycles. The zero-order valence-corrected chi connectivity index (χ0v) is 25.7. The van der Waals surface area contributed by atoms with Crippen LogP contribution in [0.5, 0.6) is 0 Å². The van der Waals surface area contributed by atoms with Gasteiger partial charge in [0.25, 0.3) is 0 Å². The van der Waals surface area contributed by atoms with Crippen LogP contribution in [-0.4, -0.2) is 62.4 Å². The number of Topliss-reactive ketones (excluding diaryl/α,β-unsaturated/α-hetero) is 1. The van der Waals surface area contributed by atoms with Crippen LogP contribution in [0, 0.1) is 29.1 Å². The molecule has 2 heterocycles. The molecular weight excluding hydrogens is 521 g/mol. The van der Waals surface area contributed by atoms with Crippen molar-refractivity contribution in [1.82, 2.24) is 5.32 Å². The zero-order chi connectivity index (χ0) is 29.3. The standard InChI is InChI=1S/C29H46NO8P/c1-17(2)12-22-26-20(5)19(4)14-21(13-18(3)10-11-23-24(15-31)38-28(6,7)37-23)29(26,27(33)30-22)25(32)16-39(34,35-8)36-9/h13-15,17,20-24,26H,10-12,16H2,1-9H3,(H,30,33)/b18-13+/t20-,21+,22+,23-,24-,26+,29-/m1/s1. The Morgan fingerprint density at radius 3 is 2.44 bits per heavy atom. The minimum Gasteiger partial charge on any atom is -0.352 e. The average Bonchev–Trinajstić information content (AvgIpc) is 3.32. The van der Waals surface area contributed by atoms with E-state index < -0.39 is 42.8 Å². The number of hydrogen-bond acceptors (Lipinski definition) is 8. The van der Waals surface area contributed by atoms with Gasteiger partial charge in [-0.05, 0) is 58.8 Å². The van der Waals surface area contributed by atoms with Gasteiger partial charge in [0.1, 0.15) is 17.7 Å². The van der Waals surface area contributed by atoms with E-state index in [1.54, 1.807) is 13.8 Å². The molecule has 0 bridgehead atoms. The lowest BCUT2D eigenvalue weighted by Crippen LogP contribution is -2.53. The molecule has 2 aliphatic heterocycles. The molecule has 2 saturated heterocycles. The fourth-order valence-electron chi connectivity index (χ4n) is 6.68. The average molecular weight is 568 g/mol. The van der Waals surface area contributed by atoms with Gasteiger partial charge in [0.15, 0.2) is 17.9 Å². The minimum atomic E-state index is -3.71. The number of nitrogens with one attached hydrogen (secondary N) is 1. The van der Waals surface area contributed by atoms with Gasteiger partial charge in [0, 0.05) is 32.1 Å². The molecule has 9 nitrogen and oxygen atoms in total. The van der Waals surface area contributed by atoms with Crippen molar-refractivity contribution in [2.45, 2.75) is 91.8 Å². The maximum atomic E-state index is 14.2. The monoisotopic (exact) mass is 567 g/mol. The van der Waals surface area contributed by atoms with E-state index in [4.69, 9.17) is 18.5 Å². The first-order valence-corrected chi connectivity index (χ1v) is 15.6. The second-order valence-corrected chi connectivity index (χ2v) is 14.5. The molecule has 0 aromatic rings. The van der Waals surface area contributed by atoms with E-state index in [1.165, 1.54) is 14.2 Å². The van der Waals surface area contributed by atoms with Crippen LogP contribution in [0.1, 0.15) is 67.7 Å². The second-order valence-electron chi connectivity index (χ2n) is 12.2. The van der Waals surface area contributed by atoms with Crippen LogP contribution in [-0.2, 0) is 37.5 Å². The first-order chi connectivity index (χ1) is 18.1. The highest BCUT2D eigenvalue weighted by Crippen LogP contribution is 2.57. The second kappa shape index (κ2) is 12.1. The topological polar surface area (TPSA) is 117 Å². The molecule has 1 N–H and O–H groups in total. The number of hydrogen-bond donors (Lipinski definition) is 1. The maximum absolute atomic E-state index is 14.2. The number of ketones is 1. The summed E-state index contributed by atoms with van der Waals surface area (Å²) in [5.41, 5.74) is 0.635. The summed E-state index contributed by atoms with van der Waals surface area (Å²) in [6.45, 7) is 13.8. The molecule has 1 amide bonds. The number of allylic oxidation sites excluding steroid dienone is 4. The molecule has 2 fully saturated rings. The van der Waals surface area contributed by atoms with Crippen molar-refractivity contribution in [3.63, 3.8) is 0 Å². The number of ether oxygens (including phenoxy) is 2. The number of rotatable bonds is 12. The van der Waals surface area contributed by atoms with Gasteiger partial charge in [-0.25, -0.2) is 0 Å². The number of amides is 1. The van der Waals surface area contributed by atoms with E-state index in [1.807, 2.05) is 26.0 Å². The predicted molar refractivity (Wildman–Crippen MR) is 148 cm³/mol. The van der Waals surface area contributed by atoms with Crippen LogP contribution in [0.15, 0.2) is 23.3 Å². The van der Waals surface area contributed by atoms with Gasteiger partial charge in [0.2, 0.25) is 5.91 Å². The number of carbonyl (C=O) groups is 3. The molecule has 39 heavy (non-hydrogen) atoms. The smallest absolute Gasteiger partial charge is 0.337 e. The third-order valence-electron chi connectivity index (χ3n) is 8.60. The fraction of sp³-hybridized carbons (Fsp3) is 0.759. The molecule has 0 aromatic carbocycles. The van der Waals surface area contributed by atoms with E-state index in [0.29, 0.717) is 18.8 Å². The lowest BCUT2D eigenvalue weighted by Gasteiger charge is -2.45. The Bertz CT molecular complexity index is 1060. The lowest BCUT2D eigenvalue weighted by atomic mass is 9.55. The minimum absolute atomic E-state index is 0.0364. The van der Waals surface area contributed by atoms with E-state index in [-0.39, 0.29) is 29.9 Å². The van der Waals surface area contributed by atoms with E-state index in [9.17, 15) is 18.9 Å². The third kappa shape index (κ3) is 6.33. The number of fused-ring (bicyclic) bond motifs is 1. The van der Waals surface area contributed by atoms with E-state index in [2.05, 4.69) is 26.1 Å². The van der Waals surface area contributed by atoms with Crippen LogP contribution in [0.3, 0.4) is 0 Å². The Morgan fingerprint density at radius 2 is 1.87 bits per heavy atom. The summed E-state index contributed by atoms with van der Waals surface area (Å²) in [7, 11) is -1.21. The molecular formula is C29H46NO8P. The predicted octanol–water partition coefficient (Wildman–Crippen LogP) is 4.85. The molecule has 0 aromatic heterocycles. The highest BCUT2D eigenvalue weighted by Gasteiger charge is 2.66. The summed E-state index contributed by atoms with van der Waals surface area (Å²) < 4.78 is 34.9. The van der Waals surface area contributed by atoms with Gasteiger partial charge in [-0.2, -0.15) is 0 Å². The first kappa shape index (κ1) is 31.9. The molecule has 0 spiro atoms. The SMILES string of the molecule is COP(=O)(CC(=O)[C@@]12C(=O)N[C@@H](CC(C)C)[C@@H]1[C@H](C)C(C)=C[C@@H]2/C=C(\C)CC[C@H]1OC(C)(C)O[C@@H]1C=O)OC. The largest absolute Gasteiger partial charge is 0.352 e. The van der Waals surface area contributed by atoms with Crippen molar-refractivity contribution >= 4 is 25.6 Å². The molecule has 7 atom stereocenters. The van der Waals surface area contributed by atoms with Gasteiger partial charge in [-0.3, -0.25) is 14.2 Å². The van der Waals surface area contributed by atoms with Crippen molar-refractivity contribution < 1.29 is 37.5 Å². The molecule has 10 heteroatoms. The summed E-state index contributed by atoms with van der Waals surface area (Å²) in [5, 5.41) is 3.16. The van der Waals surface area contributed by atoms with Crippen LogP contribution in [0.2, 0.25) is 0 Å². The van der Waals surface area contributed by atoms with E-state index in [0.717, 1.165) is 23.9 Å². The van der Waals surface area contributed by atoms with Crippen molar-refractivity contribution in [3.05, 3.63) is 23.3 Å². The van der Waals surface area contributed by atoms with Gasteiger partial charge in [-0.15, -0.1) is 0 Å².